The van der Waals surface area contributed by atoms with Gasteiger partial charge in [-0.2, -0.15) is 9.67 Å². The van der Waals surface area contributed by atoms with E-state index >= 15 is 0 Å². The number of hydrogen-bond acceptors (Lipinski definition) is 8. The van der Waals surface area contributed by atoms with Gasteiger partial charge >= 0.3 is 6.09 Å². The first-order valence-electron chi connectivity index (χ1n) is 11.4. The molecule has 4 heterocycles. The van der Waals surface area contributed by atoms with Gasteiger partial charge in [0.1, 0.15) is 14.7 Å². The van der Waals surface area contributed by atoms with Gasteiger partial charge in [-0.3, -0.25) is 14.2 Å². The molecule has 2 saturated heterocycles. The average molecular weight is 586 g/mol. The maximum absolute atomic E-state index is 13.1. The van der Waals surface area contributed by atoms with E-state index in [4.69, 9.17) is 9.47 Å². The summed E-state index contributed by atoms with van der Waals surface area (Å²) in [6, 6.07) is -0.170. The Morgan fingerprint density at radius 3 is 2.50 bits per heavy atom. The second kappa shape index (κ2) is 8.77. The summed E-state index contributed by atoms with van der Waals surface area (Å²) in [7, 11) is 1.68. The number of carbonyl (C=O) groups is 2. The van der Waals surface area contributed by atoms with Gasteiger partial charge in [-0.15, -0.1) is 5.10 Å². The molecular formula is C22H31IN6O5. The van der Waals surface area contributed by atoms with Gasteiger partial charge in [0.05, 0.1) is 18.8 Å². The molecule has 2 aliphatic heterocycles. The fourth-order valence-corrected chi connectivity index (χ4v) is 5.78. The lowest BCUT2D eigenvalue weighted by Gasteiger charge is -2.43. The Labute approximate surface area is 211 Å². The fraction of sp³-hybridized carbons (Fsp3) is 0.682. The van der Waals surface area contributed by atoms with E-state index in [1.165, 1.54) is 16.2 Å². The van der Waals surface area contributed by atoms with Crippen molar-refractivity contribution in [3.8, 4) is 0 Å². The van der Waals surface area contributed by atoms with E-state index in [1.807, 2.05) is 50.3 Å². The molecular weight excluding hydrogens is 555 g/mol. The third-order valence-corrected chi connectivity index (χ3v) is 7.61. The predicted octanol–water partition coefficient (Wildman–Crippen LogP) is 2.29. The number of halogens is 1. The number of rotatable bonds is 2. The van der Waals surface area contributed by atoms with Crippen LogP contribution in [0, 0.1) is 9.12 Å². The topological polar surface area (TPSA) is 121 Å². The minimum absolute atomic E-state index is 0.129. The number of ether oxygens (including phenoxy) is 2. The van der Waals surface area contributed by atoms with Gasteiger partial charge in [-0.1, -0.05) is 0 Å². The van der Waals surface area contributed by atoms with Crippen molar-refractivity contribution in [1.29, 1.82) is 0 Å². The number of nitrogens with one attached hydrogen (secondary N) is 1. The number of nitrogens with zero attached hydrogens (tertiary/aromatic N) is 5. The molecule has 2 aliphatic rings. The summed E-state index contributed by atoms with van der Waals surface area (Å²) < 4.78 is 14.6. The lowest BCUT2D eigenvalue weighted by molar-refractivity contribution is 0.0434. The van der Waals surface area contributed by atoms with Crippen molar-refractivity contribution in [1.82, 2.24) is 24.6 Å². The Bertz CT molecular complexity index is 1190. The SMILES string of the molecule is CC(=O)n1nc2nc(N3CCC4(CC3)CO[C@@H](C)[C@H]4NC(=O)OC(C)(C)C)n(C)c(=O)c2c1I. The molecule has 0 aromatic carbocycles. The monoisotopic (exact) mass is 586 g/mol. The second-order valence-electron chi connectivity index (χ2n) is 10.2. The average Bonchev–Trinajstić information content (AvgIpc) is 3.22. The Morgan fingerprint density at radius 2 is 1.91 bits per heavy atom. The summed E-state index contributed by atoms with van der Waals surface area (Å²) >= 11 is 1.95. The second-order valence-corrected chi connectivity index (χ2v) is 11.2. The minimum atomic E-state index is -0.578. The van der Waals surface area contributed by atoms with E-state index in [1.54, 1.807) is 7.05 Å². The van der Waals surface area contributed by atoms with Crippen molar-refractivity contribution in [3.63, 3.8) is 0 Å². The molecule has 0 bridgehead atoms. The van der Waals surface area contributed by atoms with Crippen LogP contribution in [-0.4, -0.2) is 68.8 Å². The van der Waals surface area contributed by atoms with E-state index in [9.17, 15) is 14.4 Å². The zero-order chi connectivity index (χ0) is 25.0. The van der Waals surface area contributed by atoms with Gasteiger partial charge in [-0.25, -0.2) is 4.79 Å². The number of amides is 1. The first-order valence-corrected chi connectivity index (χ1v) is 12.4. The van der Waals surface area contributed by atoms with E-state index in [-0.39, 0.29) is 34.7 Å². The Kier molecular flexibility index (Phi) is 6.42. The molecule has 11 nitrogen and oxygen atoms in total. The maximum Gasteiger partial charge on any atom is 0.407 e. The third-order valence-electron chi connectivity index (χ3n) is 6.61. The highest BCUT2D eigenvalue weighted by atomic mass is 127. The molecule has 2 fully saturated rings. The fourth-order valence-electron chi connectivity index (χ4n) is 4.86. The van der Waals surface area contributed by atoms with Crippen molar-refractivity contribution in [3.05, 3.63) is 14.1 Å². The summed E-state index contributed by atoms with van der Waals surface area (Å²) in [5.41, 5.74) is -0.771. The van der Waals surface area contributed by atoms with Crippen molar-refractivity contribution < 1.29 is 19.1 Å². The molecule has 12 heteroatoms. The quantitative estimate of drug-likeness (QED) is 0.533. The highest BCUT2D eigenvalue weighted by Crippen LogP contribution is 2.43. The molecule has 1 amide bonds. The van der Waals surface area contributed by atoms with Crippen molar-refractivity contribution in [2.45, 2.75) is 65.2 Å². The lowest BCUT2D eigenvalue weighted by atomic mass is 9.73. The van der Waals surface area contributed by atoms with Gasteiger partial charge in [-0.05, 0) is 63.1 Å². The summed E-state index contributed by atoms with van der Waals surface area (Å²) in [5.74, 6) is 0.241. The van der Waals surface area contributed by atoms with Gasteiger partial charge in [0.2, 0.25) is 11.9 Å². The van der Waals surface area contributed by atoms with Crippen molar-refractivity contribution in [2.24, 2.45) is 12.5 Å². The number of piperidine rings is 1. The van der Waals surface area contributed by atoms with Crippen LogP contribution in [0.3, 0.4) is 0 Å². The van der Waals surface area contributed by atoms with E-state index in [0.717, 1.165) is 12.8 Å². The molecule has 2 aromatic heterocycles. The number of hydrogen-bond donors (Lipinski definition) is 1. The summed E-state index contributed by atoms with van der Waals surface area (Å²) in [6.07, 6.45) is 0.938. The molecule has 1 spiro atoms. The summed E-state index contributed by atoms with van der Waals surface area (Å²) in [5, 5.41) is 7.64. The smallest absolute Gasteiger partial charge is 0.407 e. The number of carbonyl (C=O) groups excluding carboxylic acids is 2. The molecule has 0 radical (unpaired) electrons. The number of aromatic nitrogens is 4. The Morgan fingerprint density at radius 1 is 1.26 bits per heavy atom. The first kappa shape index (κ1) is 24.9. The zero-order valence-electron chi connectivity index (χ0n) is 20.3. The molecule has 0 aliphatic carbocycles. The molecule has 2 aromatic rings. The maximum atomic E-state index is 13.1. The van der Waals surface area contributed by atoms with Crippen LogP contribution in [0.1, 0.15) is 52.3 Å². The van der Waals surface area contributed by atoms with E-state index in [2.05, 4.69) is 20.3 Å². The van der Waals surface area contributed by atoms with Gasteiger partial charge in [0.15, 0.2) is 5.65 Å². The van der Waals surface area contributed by atoms with E-state index < -0.39 is 11.7 Å². The minimum Gasteiger partial charge on any atom is -0.444 e. The van der Waals surface area contributed by atoms with Crippen LogP contribution in [0.25, 0.3) is 11.0 Å². The van der Waals surface area contributed by atoms with E-state index in [0.29, 0.717) is 34.7 Å². The van der Waals surface area contributed by atoms with Crippen LogP contribution < -0.4 is 15.8 Å². The Hall–Kier alpha value is -2.22. The normalized spacial score (nSPS) is 22.4. The molecule has 0 unspecified atom stereocenters. The zero-order valence-corrected chi connectivity index (χ0v) is 22.5. The van der Waals surface area contributed by atoms with Crippen LogP contribution in [-0.2, 0) is 16.5 Å². The van der Waals surface area contributed by atoms with Crippen molar-refractivity contribution in [2.75, 3.05) is 24.6 Å². The largest absolute Gasteiger partial charge is 0.444 e. The highest BCUT2D eigenvalue weighted by Gasteiger charge is 2.50. The molecule has 2 atom stereocenters. The third kappa shape index (κ3) is 4.41. The molecule has 4 rings (SSSR count). The molecule has 34 heavy (non-hydrogen) atoms. The van der Waals surface area contributed by atoms with Crippen LogP contribution in [0.15, 0.2) is 4.79 Å². The Balaban J connectivity index is 1.56. The standard InChI is InChI=1S/C22H31IN6O5/c1-12-15(24-20(32)34-21(3,4)5)22(11-33-12)7-9-28(10-8-22)19-25-17-14(18(31)27(19)6)16(23)29(26-17)13(2)30/h12,15H,7-11H2,1-6H3,(H,24,32)/t12-,15+/m0/s1. The van der Waals surface area contributed by atoms with Crippen LogP contribution in [0.2, 0.25) is 0 Å². The number of fused-ring (bicyclic) bond motifs is 1. The van der Waals surface area contributed by atoms with Gasteiger partial charge in [0, 0.05) is 32.5 Å². The van der Waals surface area contributed by atoms with Crippen LogP contribution >= 0.6 is 22.6 Å². The predicted molar refractivity (Wildman–Crippen MR) is 134 cm³/mol. The van der Waals surface area contributed by atoms with Gasteiger partial charge < -0.3 is 19.7 Å². The number of alkyl carbamates (subject to hydrolysis) is 1. The summed E-state index contributed by atoms with van der Waals surface area (Å²) in [4.78, 5) is 44.1. The van der Waals surface area contributed by atoms with Crippen molar-refractivity contribution >= 4 is 51.6 Å². The first-order chi connectivity index (χ1) is 15.8. The summed E-state index contributed by atoms with van der Waals surface area (Å²) in [6.45, 7) is 10.7. The van der Waals surface area contributed by atoms with Gasteiger partial charge in [0.25, 0.3) is 5.56 Å². The van der Waals surface area contributed by atoms with Crippen LogP contribution in [0.5, 0.6) is 0 Å². The highest BCUT2D eigenvalue weighted by molar-refractivity contribution is 14.1. The molecule has 1 N–H and O–H groups in total. The molecule has 186 valence electrons. The lowest BCUT2D eigenvalue weighted by Crippen LogP contribution is -2.55. The molecule has 0 saturated carbocycles. The van der Waals surface area contributed by atoms with Crippen LogP contribution in [0.4, 0.5) is 10.7 Å². The number of anilines is 1.